The first-order valence-corrected chi connectivity index (χ1v) is 8.69. The van der Waals surface area contributed by atoms with Crippen molar-refractivity contribution in [3.8, 4) is 0 Å². The highest BCUT2D eigenvalue weighted by atomic mass is 32.1. The Morgan fingerprint density at radius 1 is 1.35 bits per heavy atom. The first-order chi connectivity index (χ1) is 11.2. The number of nitrogens with two attached hydrogens (primary N) is 1. The zero-order chi connectivity index (χ0) is 16.2. The number of amides is 1. The summed E-state index contributed by atoms with van der Waals surface area (Å²) in [5, 5.41) is 3.35. The molecule has 0 saturated carbocycles. The SMILES string of the molecule is CCc1nc(CN2CCN(c3ccncc3C(N)=O)CC2)cs1. The number of anilines is 1. The maximum atomic E-state index is 11.5. The van der Waals surface area contributed by atoms with E-state index in [1.807, 2.05) is 6.07 Å². The van der Waals surface area contributed by atoms with Crippen molar-refractivity contribution < 1.29 is 4.79 Å². The average Bonchev–Trinajstić information content (AvgIpc) is 3.03. The Bertz CT molecular complexity index is 679. The van der Waals surface area contributed by atoms with Gasteiger partial charge in [-0.3, -0.25) is 14.7 Å². The standard InChI is InChI=1S/C16H21N5OS/c1-2-15-19-12(11-23-15)10-20-5-7-21(8-6-20)14-3-4-18-9-13(14)16(17)22/h3-4,9,11H,2,5-8,10H2,1H3,(H2,17,22). The van der Waals surface area contributed by atoms with Crippen molar-refractivity contribution in [2.75, 3.05) is 31.1 Å². The van der Waals surface area contributed by atoms with Gasteiger partial charge in [-0.15, -0.1) is 11.3 Å². The number of hydrogen-bond donors (Lipinski definition) is 1. The lowest BCUT2D eigenvalue weighted by Gasteiger charge is -2.36. The third-order valence-electron chi connectivity index (χ3n) is 4.06. The van der Waals surface area contributed by atoms with E-state index in [-0.39, 0.29) is 0 Å². The summed E-state index contributed by atoms with van der Waals surface area (Å²) in [5.41, 5.74) is 7.97. The van der Waals surface area contributed by atoms with Gasteiger partial charge in [-0.2, -0.15) is 0 Å². The second-order valence-electron chi connectivity index (χ2n) is 5.61. The van der Waals surface area contributed by atoms with Crippen molar-refractivity contribution in [2.24, 2.45) is 5.73 Å². The number of rotatable bonds is 5. The normalized spacial score (nSPS) is 15.8. The van der Waals surface area contributed by atoms with Gasteiger partial charge in [-0.25, -0.2) is 4.98 Å². The Morgan fingerprint density at radius 2 is 2.13 bits per heavy atom. The third-order valence-corrected chi connectivity index (χ3v) is 5.11. The largest absolute Gasteiger partial charge is 0.368 e. The van der Waals surface area contributed by atoms with Gasteiger partial charge in [0.05, 0.1) is 22.0 Å². The van der Waals surface area contributed by atoms with Crippen LogP contribution in [0.4, 0.5) is 5.69 Å². The van der Waals surface area contributed by atoms with Gasteiger partial charge in [-0.05, 0) is 12.5 Å². The Hall–Kier alpha value is -1.99. The van der Waals surface area contributed by atoms with E-state index in [0.29, 0.717) is 5.56 Å². The molecule has 2 aromatic rings. The van der Waals surface area contributed by atoms with Crippen LogP contribution in [0, 0.1) is 0 Å². The zero-order valence-electron chi connectivity index (χ0n) is 13.2. The van der Waals surface area contributed by atoms with Gasteiger partial charge in [0.2, 0.25) is 0 Å². The van der Waals surface area contributed by atoms with E-state index in [1.165, 1.54) is 5.01 Å². The minimum absolute atomic E-state index is 0.426. The minimum atomic E-state index is -0.426. The fourth-order valence-corrected chi connectivity index (χ4v) is 3.55. The highest BCUT2D eigenvalue weighted by molar-refractivity contribution is 7.09. The van der Waals surface area contributed by atoms with E-state index < -0.39 is 5.91 Å². The summed E-state index contributed by atoms with van der Waals surface area (Å²) < 4.78 is 0. The fourth-order valence-electron chi connectivity index (χ4n) is 2.81. The highest BCUT2D eigenvalue weighted by Gasteiger charge is 2.21. The van der Waals surface area contributed by atoms with E-state index in [9.17, 15) is 4.79 Å². The van der Waals surface area contributed by atoms with Crippen LogP contribution in [-0.4, -0.2) is 47.0 Å². The van der Waals surface area contributed by atoms with E-state index in [2.05, 4.69) is 32.1 Å². The molecule has 3 rings (SSSR count). The molecular weight excluding hydrogens is 310 g/mol. The molecule has 1 amide bonds. The highest BCUT2D eigenvalue weighted by Crippen LogP contribution is 2.21. The van der Waals surface area contributed by atoms with E-state index in [1.54, 1.807) is 23.7 Å². The van der Waals surface area contributed by atoms with Crippen LogP contribution in [0.3, 0.4) is 0 Å². The number of hydrogen-bond acceptors (Lipinski definition) is 6. The number of carbonyl (C=O) groups is 1. The lowest BCUT2D eigenvalue weighted by atomic mass is 10.2. The Morgan fingerprint density at radius 3 is 2.78 bits per heavy atom. The molecule has 2 aromatic heterocycles. The van der Waals surface area contributed by atoms with Crippen LogP contribution < -0.4 is 10.6 Å². The smallest absolute Gasteiger partial charge is 0.252 e. The Labute approximate surface area is 140 Å². The molecule has 1 saturated heterocycles. The zero-order valence-corrected chi connectivity index (χ0v) is 14.1. The maximum Gasteiger partial charge on any atom is 0.252 e. The third kappa shape index (κ3) is 3.68. The Balaban J connectivity index is 1.61. The number of carbonyl (C=O) groups excluding carboxylic acids is 1. The number of aryl methyl sites for hydroxylation is 1. The summed E-state index contributed by atoms with van der Waals surface area (Å²) in [5.74, 6) is -0.426. The van der Waals surface area contributed by atoms with Crippen LogP contribution >= 0.6 is 11.3 Å². The van der Waals surface area contributed by atoms with Crippen LogP contribution in [0.5, 0.6) is 0 Å². The molecule has 1 aliphatic rings. The molecule has 3 heterocycles. The van der Waals surface area contributed by atoms with Crippen LogP contribution in [-0.2, 0) is 13.0 Å². The quantitative estimate of drug-likeness (QED) is 0.899. The number of thiazole rings is 1. The van der Waals surface area contributed by atoms with Crippen molar-refractivity contribution >= 4 is 22.9 Å². The van der Waals surface area contributed by atoms with E-state index >= 15 is 0 Å². The summed E-state index contributed by atoms with van der Waals surface area (Å²) in [6.45, 7) is 6.65. The molecule has 2 N–H and O–H groups in total. The van der Waals surface area contributed by atoms with Crippen LogP contribution in [0.15, 0.2) is 23.8 Å². The molecule has 0 spiro atoms. The van der Waals surface area contributed by atoms with E-state index in [4.69, 9.17) is 5.73 Å². The molecule has 0 aliphatic carbocycles. The molecule has 7 heteroatoms. The first kappa shape index (κ1) is 15.9. The number of nitrogens with zero attached hydrogens (tertiary/aromatic N) is 4. The second-order valence-corrected chi connectivity index (χ2v) is 6.55. The summed E-state index contributed by atoms with van der Waals surface area (Å²) in [7, 11) is 0. The van der Waals surface area contributed by atoms with Crippen LogP contribution in [0.25, 0.3) is 0 Å². The van der Waals surface area contributed by atoms with Gasteiger partial charge in [0.1, 0.15) is 0 Å². The van der Waals surface area contributed by atoms with Crippen molar-refractivity contribution in [1.29, 1.82) is 0 Å². The van der Waals surface area contributed by atoms with Crippen molar-refractivity contribution in [3.63, 3.8) is 0 Å². The molecule has 0 aromatic carbocycles. The number of piperazine rings is 1. The lowest BCUT2D eigenvalue weighted by molar-refractivity contribution is 0.1000. The fraction of sp³-hybridized carbons (Fsp3) is 0.438. The van der Waals surface area contributed by atoms with Crippen molar-refractivity contribution in [2.45, 2.75) is 19.9 Å². The van der Waals surface area contributed by atoms with Gasteiger partial charge in [0.25, 0.3) is 5.91 Å². The molecule has 6 nitrogen and oxygen atoms in total. The topological polar surface area (TPSA) is 75.3 Å². The molecule has 1 fully saturated rings. The molecule has 0 unspecified atom stereocenters. The monoisotopic (exact) mass is 331 g/mol. The summed E-state index contributed by atoms with van der Waals surface area (Å²) in [6, 6.07) is 1.86. The number of primary amides is 1. The summed E-state index contributed by atoms with van der Waals surface area (Å²) >= 11 is 1.73. The van der Waals surface area contributed by atoms with Gasteiger partial charge < -0.3 is 10.6 Å². The lowest BCUT2D eigenvalue weighted by Crippen LogP contribution is -2.46. The molecule has 1 aliphatic heterocycles. The first-order valence-electron chi connectivity index (χ1n) is 7.81. The Kier molecular flexibility index (Phi) is 4.88. The predicted molar refractivity (Wildman–Crippen MR) is 91.7 cm³/mol. The van der Waals surface area contributed by atoms with Crippen LogP contribution in [0.1, 0.15) is 28.0 Å². The average molecular weight is 331 g/mol. The minimum Gasteiger partial charge on any atom is -0.368 e. The molecule has 23 heavy (non-hydrogen) atoms. The van der Waals surface area contributed by atoms with Gasteiger partial charge in [0, 0.05) is 50.5 Å². The predicted octanol–water partition coefficient (Wildman–Crippen LogP) is 1.52. The van der Waals surface area contributed by atoms with Crippen molar-refractivity contribution in [3.05, 3.63) is 40.1 Å². The molecule has 0 atom stereocenters. The molecule has 0 radical (unpaired) electrons. The molecule has 0 bridgehead atoms. The number of pyridine rings is 1. The summed E-state index contributed by atoms with van der Waals surface area (Å²) in [4.78, 5) is 24.8. The van der Waals surface area contributed by atoms with Gasteiger partial charge in [-0.1, -0.05) is 6.92 Å². The van der Waals surface area contributed by atoms with E-state index in [0.717, 1.165) is 50.5 Å². The second kappa shape index (κ2) is 7.06. The number of aromatic nitrogens is 2. The van der Waals surface area contributed by atoms with Crippen LogP contribution in [0.2, 0.25) is 0 Å². The van der Waals surface area contributed by atoms with Crippen molar-refractivity contribution in [1.82, 2.24) is 14.9 Å². The van der Waals surface area contributed by atoms with Gasteiger partial charge >= 0.3 is 0 Å². The maximum absolute atomic E-state index is 11.5. The summed E-state index contributed by atoms with van der Waals surface area (Å²) in [6.07, 6.45) is 4.25. The molecule has 122 valence electrons. The van der Waals surface area contributed by atoms with Gasteiger partial charge in [0.15, 0.2) is 0 Å². The molecular formula is C16H21N5OS.